The van der Waals surface area contributed by atoms with Gasteiger partial charge in [-0.2, -0.15) is 5.26 Å². The lowest BCUT2D eigenvalue weighted by molar-refractivity contribution is -0.128. The molecule has 1 unspecified atom stereocenters. The van der Waals surface area contributed by atoms with Gasteiger partial charge in [0.15, 0.2) is 0 Å². The van der Waals surface area contributed by atoms with Crippen molar-refractivity contribution in [1.29, 1.82) is 5.26 Å². The molecule has 1 atom stereocenters. The van der Waals surface area contributed by atoms with E-state index >= 15 is 0 Å². The number of hydrogen-bond acceptors (Lipinski definition) is 2. The van der Waals surface area contributed by atoms with Gasteiger partial charge in [0, 0.05) is 24.0 Å². The predicted molar refractivity (Wildman–Crippen MR) is 63.3 cm³/mol. The van der Waals surface area contributed by atoms with E-state index in [4.69, 9.17) is 5.26 Å². The highest BCUT2D eigenvalue weighted by atomic mass is 79.9. The van der Waals surface area contributed by atoms with Crippen molar-refractivity contribution in [2.24, 2.45) is 5.92 Å². The molecule has 0 N–H and O–H groups in total. The summed E-state index contributed by atoms with van der Waals surface area (Å²) < 4.78 is 1.01. The van der Waals surface area contributed by atoms with Gasteiger partial charge in [-0.3, -0.25) is 4.79 Å². The number of nitrogens with zero attached hydrogens (tertiary/aromatic N) is 2. The van der Waals surface area contributed by atoms with Crippen molar-refractivity contribution in [3.05, 3.63) is 34.3 Å². The fourth-order valence-electron chi connectivity index (χ4n) is 1.87. The standard InChI is InChI=1S/C12H11BrN2O/c13-11-3-1-2-9(4-11)7-15-8-10(6-14)5-12(15)16/h1-4,10H,5,7-8H2. The Kier molecular flexibility index (Phi) is 3.25. The summed E-state index contributed by atoms with van der Waals surface area (Å²) in [5, 5.41) is 8.78. The third kappa shape index (κ3) is 2.42. The second kappa shape index (κ2) is 4.67. The Bertz CT molecular complexity index is 453. The Morgan fingerprint density at radius 3 is 3.00 bits per heavy atom. The van der Waals surface area contributed by atoms with Gasteiger partial charge in [-0.15, -0.1) is 0 Å². The number of halogens is 1. The quantitative estimate of drug-likeness (QED) is 0.834. The predicted octanol–water partition coefficient (Wildman–Crippen LogP) is 2.32. The highest BCUT2D eigenvalue weighted by molar-refractivity contribution is 9.10. The Morgan fingerprint density at radius 2 is 2.38 bits per heavy atom. The molecule has 4 heteroatoms. The molecule has 0 aliphatic carbocycles. The molecule has 0 aromatic heterocycles. The number of likely N-dealkylation sites (tertiary alicyclic amines) is 1. The highest BCUT2D eigenvalue weighted by Gasteiger charge is 2.29. The topological polar surface area (TPSA) is 44.1 Å². The molecule has 1 amide bonds. The summed E-state index contributed by atoms with van der Waals surface area (Å²) in [6, 6.07) is 10.0. The first-order valence-corrected chi connectivity index (χ1v) is 5.90. The Balaban J connectivity index is 2.06. The van der Waals surface area contributed by atoms with E-state index in [-0.39, 0.29) is 11.8 Å². The molecule has 0 spiro atoms. The van der Waals surface area contributed by atoms with Gasteiger partial charge in [0.25, 0.3) is 0 Å². The van der Waals surface area contributed by atoms with Crippen LogP contribution in [0.15, 0.2) is 28.7 Å². The van der Waals surface area contributed by atoms with E-state index in [1.807, 2.05) is 24.3 Å². The summed E-state index contributed by atoms with van der Waals surface area (Å²) in [6.07, 6.45) is 0.366. The molecule has 1 aliphatic rings. The van der Waals surface area contributed by atoms with Crippen LogP contribution < -0.4 is 0 Å². The van der Waals surface area contributed by atoms with Crippen LogP contribution in [0.1, 0.15) is 12.0 Å². The number of carbonyl (C=O) groups is 1. The first-order valence-electron chi connectivity index (χ1n) is 5.11. The van der Waals surface area contributed by atoms with Gasteiger partial charge in [0.1, 0.15) is 0 Å². The van der Waals surface area contributed by atoms with Crippen molar-refractivity contribution in [1.82, 2.24) is 4.90 Å². The summed E-state index contributed by atoms with van der Waals surface area (Å²) in [5.41, 5.74) is 1.08. The minimum atomic E-state index is -0.139. The van der Waals surface area contributed by atoms with Gasteiger partial charge in [0.05, 0.1) is 12.0 Å². The lowest BCUT2D eigenvalue weighted by Gasteiger charge is -2.15. The molecule has 1 aliphatic heterocycles. The fraction of sp³-hybridized carbons (Fsp3) is 0.333. The molecule has 0 saturated carbocycles. The van der Waals surface area contributed by atoms with Gasteiger partial charge in [-0.1, -0.05) is 28.1 Å². The molecule has 1 aromatic rings. The van der Waals surface area contributed by atoms with E-state index in [1.54, 1.807) is 4.90 Å². The van der Waals surface area contributed by atoms with Crippen molar-refractivity contribution in [3.63, 3.8) is 0 Å². The van der Waals surface area contributed by atoms with Crippen LogP contribution >= 0.6 is 15.9 Å². The third-order valence-electron chi connectivity index (χ3n) is 2.66. The maximum absolute atomic E-state index is 11.6. The molecule has 1 fully saturated rings. The highest BCUT2D eigenvalue weighted by Crippen LogP contribution is 2.20. The summed E-state index contributed by atoms with van der Waals surface area (Å²) in [6.45, 7) is 1.15. The zero-order valence-corrected chi connectivity index (χ0v) is 10.3. The molecule has 1 aromatic carbocycles. The SMILES string of the molecule is N#CC1CC(=O)N(Cc2cccc(Br)c2)C1. The number of benzene rings is 1. The molecule has 16 heavy (non-hydrogen) atoms. The van der Waals surface area contributed by atoms with Crippen molar-refractivity contribution in [2.75, 3.05) is 6.54 Å². The zero-order chi connectivity index (χ0) is 11.5. The van der Waals surface area contributed by atoms with Crippen LogP contribution in [0.2, 0.25) is 0 Å². The van der Waals surface area contributed by atoms with Gasteiger partial charge in [-0.05, 0) is 17.7 Å². The van der Waals surface area contributed by atoms with E-state index in [0.29, 0.717) is 19.5 Å². The fourth-order valence-corrected chi connectivity index (χ4v) is 2.31. The van der Waals surface area contributed by atoms with Crippen molar-refractivity contribution < 1.29 is 4.79 Å². The zero-order valence-electron chi connectivity index (χ0n) is 8.69. The molecular weight excluding hydrogens is 268 g/mol. The monoisotopic (exact) mass is 278 g/mol. The molecule has 0 radical (unpaired) electrons. The van der Waals surface area contributed by atoms with Crippen LogP contribution in [0.4, 0.5) is 0 Å². The second-order valence-electron chi connectivity index (χ2n) is 3.93. The first kappa shape index (κ1) is 11.2. The molecule has 3 nitrogen and oxygen atoms in total. The normalized spacial score (nSPS) is 19.9. The number of nitriles is 1. The number of amides is 1. The summed E-state index contributed by atoms with van der Waals surface area (Å²) in [4.78, 5) is 13.3. The van der Waals surface area contributed by atoms with Crippen molar-refractivity contribution in [3.8, 4) is 6.07 Å². The lowest BCUT2D eigenvalue weighted by Crippen LogP contribution is -2.24. The van der Waals surface area contributed by atoms with Gasteiger partial charge >= 0.3 is 0 Å². The van der Waals surface area contributed by atoms with Gasteiger partial charge in [0.2, 0.25) is 5.91 Å². The van der Waals surface area contributed by atoms with Crippen LogP contribution in [0.3, 0.4) is 0 Å². The number of carbonyl (C=O) groups excluding carboxylic acids is 1. The van der Waals surface area contributed by atoms with Crippen LogP contribution in [0, 0.1) is 17.2 Å². The van der Waals surface area contributed by atoms with E-state index in [9.17, 15) is 4.79 Å². The van der Waals surface area contributed by atoms with Crippen LogP contribution in [0.25, 0.3) is 0 Å². The van der Waals surface area contributed by atoms with E-state index in [0.717, 1.165) is 10.0 Å². The van der Waals surface area contributed by atoms with Crippen LogP contribution in [0.5, 0.6) is 0 Å². The van der Waals surface area contributed by atoms with E-state index < -0.39 is 0 Å². The van der Waals surface area contributed by atoms with E-state index in [1.165, 1.54) is 0 Å². The smallest absolute Gasteiger partial charge is 0.224 e. The second-order valence-corrected chi connectivity index (χ2v) is 4.85. The number of rotatable bonds is 2. The van der Waals surface area contributed by atoms with Crippen LogP contribution in [-0.4, -0.2) is 17.4 Å². The average Bonchev–Trinajstić information content (AvgIpc) is 2.60. The molecule has 82 valence electrons. The number of hydrogen-bond donors (Lipinski definition) is 0. The molecule has 2 rings (SSSR count). The summed E-state index contributed by atoms with van der Waals surface area (Å²) in [7, 11) is 0. The van der Waals surface area contributed by atoms with Gasteiger partial charge in [-0.25, -0.2) is 0 Å². The molecule has 1 saturated heterocycles. The molecule has 1 heterocycles. The first-order chi connectivity index (χ1) is 7.69. The maximum atomic E-state index is 11.6. The summed E-state index contributed by atoms with van der Waals surface area (Å²) >= 11 is 3.40. The molecular formula is C12H11BrN2O. The Hall–Kier alpha value is -1.34. The molecule has 0 bridgehead atoms. The minimum Gasteiger partial charge on any atom is -0.337 e. The minimum absolute atomic E-state index is 0.0755. The maximum Gasteiger partial charge on any atom is 0.224 e. The average molecular weight is 279 g/mol. The Labute approximate surface area is 103 Å². The van der Waals surface area contributed by atoms with Crippen molar-refractivity contribution >= 4 is 21.8 Å². The Morgan fingerprint density at radius 1 is 1.56 bits per heavy atom. The largest absolute Gasteiger partial charge is 0.337 e. The van der Waals surface area contributed by atoms with Gasteiger partial charge < -0.3 is 4.90 Å². The third-order valence-corrected chi connectivity index (χ3v) is 3.15. The summed E-state index contributed by atoms with van der Waals surface area (Å²) in [5.74, 6) is -0.0637. The van der Waals surface area contributed by atoms with E-state index in [2.05, 4.69) is 22.0 Å². The lowest BCUT2D eigenvalue weighted by atomic mass is 10.1. The van der Waals surface area contributed by atoms with Crippen molar-refractivity contribution in [2.45, 2.75) is 13.0 Å². The van der Waals surface area contributed by atoms with Crippen LogP contribution in [-0.2, 0) is 11.3 Å².